The first-order chi connectivity index (χ1) is 12.8. The fraction of sp³-hybridized carbons (Fsp3) is 0.400. The van der Waals surface area contributed by atoms with Crippen LogP contribution >= 0.6 is 11.3 Å². The second kappa shape index (κ2) is 8.10. The number of anilines is 1. The first-order valence-electron chi connectivity index (χ1n) is 9.26. The van der Waals surface area contributed by atoms with Gasteiger partial charge in [0.2, 0.25) is 5.95 Å². The molecule has 0 atom stereocenters. The molecule has 0 amide bonds. The predicted molar refractivity (Wildman–Crippen MR) is 105 cm³/mol. The van der Waals surface area contributed by atoms with E-state index in [4.69, 9.17) is 0 Å². The van der Waals surface area contributed by atoms with Crippen molar-refractivity contribution >= 4 is 27.5 Å². The Balaban J connectivity index is 1.24. The molecule has 4 rings (SSSR count). The highest BCUT2D eigenvalue weighted by atomic mass is 32.1. The molecule has 1 aliphatic rings. The van der Waals surface area contributed by atoms with Crippen molar-refractivity contribution in [1.82, 2.24) is 15.3 Å². The number of nitrogens with one attached hydrogen (secondary N) is 2. The third-order valence-electron chi connectivity index (χ3n) is 4.75. The van der Waals surface area contributed by atoms with Crippen LogP contribution in [0.15, 0.2) is 30.5 Å². The molecule has 2 N–H and O–H groups in total. The lowest BCUT2D eigenvalue weighted by Gasteiger charge is -2.09. The third kappa shape index (κ3) is 4.02. The maximum atomic E-state index is 13.1. The van der Waals surface area contributed by atoms with Crippen LogP contribution in [0.5, 0.6) is 0 Å². The number of halogens is 1. The summed E-state index contributed by atoms with van der Waals surface area (Å²) in [7, 11) is 0. The van der Waals surface area contributed by atoms with Crippen LogP contribution in [0.25, 0.3) is 10.2 Å². The Morgan fingerprint density at radius 2 is 2.08 bits per heavy atom. The van der Waals surface area contributed by atoms with Crippen molar-refractivity contribution in [3.8, 4) is 0 Å². The highest BCUT2D eigenvalue weighted by Gasteiger charge is 2.17. The highest BCUT2D eigenvalue weighted by molar-refractivity contribution is 7.18. The average Bonchev–Trinajstić information content (AvgIpc) is 3.02. The molecule has 1 aliphatic carbocycles. The van der Waals surface area contributed by atoms with Crippen molar-refractivity contribution in [3.05, 3.63) is 52.3 Å². The van der Waals surface area contributed by atoms with E-state index in [1.54, 1.807) is 12.1 Å². The summed E-state index contributed by atoms with van der Waals surface area (Å²) >= 11 is 1.83. The standard InChI is InChI=1S/C20H23FN4S/c21-15-6-3-5-14(11-15)12-22-9-4-10-23-20-24-13-17-16-7-1-2-8-18(16)26-19(17)25-20/h3,5-6,11,13,22H,1-2,4,7-10,12H2,(H,23,24,25). The number of aryl methyl sites for hydroxylation is 2. The summed E-state index contributed by atoms with van der Waals surface area (Å²) in [5, 5.41) is 7.88. The average molecular weight is 370 g/mol. The molecule has 4 nitrogen and oxygen atoms in total. The normalized spacial score (nSPS) is 13.7. The van der Waals surface area contributed by atoms with Crippen LogP contribution in [0.1, 0.15) is 35.3 Å². The number of nitrogens with zero attached hydrogens (tertiary/aromatic N) is 2. The number of aromatic nitrogens is 2. The number of thiophene rings is 1. The molecule has 2 aromatic heterocycles. The molecule has 0 radical (unpaired) electrons. The fourth-order valence-corrected chi connectivity index (χ4v) is 4.65. The number of rotatable bonds is 7. The fourth-order valence-electron chi connectivity index (χ4n) is 3.42. The summed E-state index contributed by atoms with van der Waals surface area (Å²) < 4.78 is 13.1. The van der Waals surface area contributed by atoms with Crippen molar-refractivity contribution in [2.45, 2.75) is 38.6 Å². The summed E-state index contributed by atoms with van der Waals surface area (Å²) in [5.74, 6) is 0.523. The van der Waals surface area contributed by atoms with E-state index in [0.717, 1.165) is 29.9 Å². The van der Waals surface area contributed by atoms with Crippen molar-refractivity contribution in [2.75, 3.05) is 18.4 Å². The number of benzene rings is 1. The van der Waals surface area contributed by atoms with Crippen LogP contribution in [0.4, 0.5) is 10.3 Å². The molecule has 0 aliphatic heterocycles. The first kappa shape index (κ1) is 17.4. The van der Waals surface area contributed by atoms with Crippen LogP contribution in [-0.4, -0.2) is 23.1 Å². The van der Waals surface area contributed by atoms with E-state index in [0.29, 0.717) is 12.5 Å². The molecule has 0 saturated carbocycles. The van der Waals surface area contributed by atoms with Gasteiger partial charge < -0.3 is 10.6 Å². The van der Waals surface area contributed by atoms with Crippen molar-refractivity contribution in [1.29, 1.82) is 0 Å². The van der Waals surface area contributed by atoms with Gasteiger partial charge in [0.1, 0.15) is 10.6 Å². The topological polar surface area (TPSA) is 49.8 Å². The van der Waals surface area contributed by atoms with Gasteiger partial charge in [-0.1, -0.05) is 12.1 Å². The minimum absolute atomic E-state index is 0.186. The molecule has 0 bridgehead atoms. The van der Waals surface area contributed by atoms with Crippen LogP contribution < -0.4 is 10.6 Å². The van der Waals surface area contributed by atoms with E-state index in [-0.39, 0.29) is 5.82 Å². The monoisotopic (exact) mass is 370 g/mol. The van der Waals surface area contributed by atoms with Gasteiger partial charge >= 0.3 is 0 Å². The summed E-state index contributed by atoms with van der Waals surface area (Å²) in [6.07, 6.45) is 7.87. The molecule has 0 spiro atoms. The Bertz CT molecular complexity index is 893. The quantitative estimate of drug-likeness (QED) is 0.609. The lowest BCUT2D eigenvalue weighted by molar-refractivity contribution is 0.618. The molecule has 0 fully saturated rings. The Kier molecular flexibility index (Phi) is 5.41. The lowest BCUT2D eigenvalue weighted by atomic mass is 9.97. The summed E-state index contributed by atoms with van der Waals surface area (Å²) in [5.41, 5.74) is 2.44. The molecular formula is C20H23FN4S. The van der Waals surface area contributed by atoms with Crippen molar-refractivity contribution in [2.24, 2.45) is 0 Å². The second-order valence-corrected chi connectivity index (χ2v) is 7.79. The predicted octanol–water partition coefficient (Wildman–Crippen LogP) is 4.30. The van der Waals surface area contributed by atoms with Gasteiger partial charge in [-0.2, -0.15) is 0 Å². The van der Waals surface area contributed by atoms with Gasteiger partial charge in [0.05, 0.1) is 0 Å². The largest absolute Gasteiger partial charge is 0.354 e. The van der Waals surface area contributed by atoms with E-state index in [2.05, 4.69) is 20.6 Å². The zero-order valence-electron chi connectivity index (χ0n) is 14.7. The van der Waals surface area contributed by atoms with Crippen LogP contribution in [0.2, 0.25) is 0 Å². The zero-order valence-corrected chi connectivity index (χ0v) is 15.5. The Labute approximate surface area is 156 Å². The van der Waals surface area contributed by atoms with Crippen LogP contribution in [0.3, 0.4) is 0 Å². The van der Waals surface area contributed by atoms with Gasteiger partial charge in [-0.3, -0.25) is 0 Å². The Morgan fingerprint density at radius 1 is 1.15 bits per heavy atom. The van der Waals surface area contributed by atoms with E-state index in [1.807, 2.05) is 23.6 Å². The molecule has 1 aromatic carbocycles. The lowest BCUT2D eigenvalue weighted by Crippen LogP contribution is -2.18. The van der Waals surface area contributed by atoms with Gasteiger partial charge in [-0.05, 0) is 61.9 Å². The van der Waals surface area contributed by atoms with Gasteiger partial charge in [0.25, 0.3) is 0 Å². The smallest absolute Gasteiger partial charge is 0.224 e. The number of hydrogen-bond donors (Lipinski definition) is 2. The molecule has 136 valence electrons. The van der Waals surface area contributed by atoms with Gasteiger partial charge in [0, 0.05) is 29.5 Å². The minimum atomic E-state index is -0.186. The van der Waals surface area contributed by atoms with Crippen LogP contribution in [-0.2, 0) is 19.4 Å². The number of fused-ring (bicyclic) bond motifs is 3. The molecule has 3 aromatic rings. The highest BCUT2D eigenvalue weighted by Crippen LogP contribution is 2.35. The molecule has 26 heavy (non-hydrogen) atoms. The minimum Gasteiger partial charge on any atom is -0.354 e. The van der Waals surface area contributed by atoms with Crippen molar-refractivity contribution < 1.29 is 4.39 Å². The van der Waals surface area contributed by atoms with Crippen LogP contribution in [0, 0.1) is 5.82 Å². The molecule has 0 saturated heterocycles. The molecule has 6 heteroatoms. The Morgan fingerprint density at radius 3 is 3.00 bits per heavy atom. The number of hydrogen-bond acceptors (Lipinski definition) is 5. The van der Waals surface area contributed by atoms with E-state index in [9.17, 15) is 4.39 Å². The van der Waals surface area contributed by atoms with Gasteiger partial charge in [-0.25, -0.2) is 14.4 Å². The van der Waals surface area contributed by atoms with Crippen molar-refractivity contribution in [3.63, 3.8) is 0 Å². The van der Waals surface area contributed by atoms with Gasteiger partial charge in [-0.15, -0.1) is 11.3 Å². The zero-order chi connectivity index (χ0) is 17.8. The molecule has 0 unspecified atom stereocenters. The maximum absolute atomic E-state index is 13.1. The maximum Gasteiger partial charge on any atom is 0.224 e. The summed E-state index contributed by atoms with van der Waals surface area (Å²) in [6.45, 7) is 2.35. The summed E-state index contributed by atoms with van der Waals surface area (Å²) in [6, 6.07) is 6.70. The molecule has 2 heterocycles. The van der Waals surface area contributed by atoms with E-state index < -0.39 is 0 Å². The second-order valence-electron chi connectivity index (χ2n) is 6.71. The van der Waals surface area contributed by atoms with E-state index >= 15 is 0 Å². The first-order valence-corrected chi connectivity index (χ1v) is 10.1. The summed E-state index contributed by atoms with van der Waals surface area (Å²) in [4.78, 5) is 11.8. The van der Waals surface area contributed by atoms with E-state index in [1.165, 1.54) is 47.6 Å². The third-order valence-corrected chi connectivity index (χ3v) is 5.95. The SMILES string of the molecule is Fc1cccc(CNCCCNc2ncc3c4c(sc3n2)CCCC4)c1. The molecular weight excluding hydrogens is 347 g/mol. The van der Waals surface area contributed by atoms with Gasteiger partial charge in [0.15, 0.2) is 0 Å². The Hall–Kier alpha value is -2.05.